The van der Waals surface area contributed by atoms with Gasteiger partial charge in [0.2, 0.25) is 10.0 Å². The van der Waals surface area contributed by atoms with Gasteiger partial charge in [-0.05, 0) is 32.1 Å². The summed E-state index contributed by atoms with van der Waals surface area (Å²) in [7, 11) is -3.53. The Bertz CT molecular complexity index is 561. The minimum atomic E-state index is -3.53. The molecule has 2 rings (SSSR count). The van der Waals surface area contributed by atoms with Crippen molar-refractivity contribution in [2.24, 2.45) is 5.92 Å². The molecule has 0 amide bonds. The Hall–Kier alpha value is -1.08. The Labute approximate surface area is 121 Å². The van der Waals surface area contributed by atoms with Crippen LogP contribution in [-0.2, 0) is 16.6 Å². The molecular weight excluding hydrogens is 276 g/mol. The molecule has 0 aliphatic heterocycles. The number of hydrogen-bond donors (Lipinski definition) is 1. The van der Waals surface area contributed by atoms with Crippen molar-refractivity contribution >= 4 is 15.8 Å². The molecule has 1 aromatic rings. The summed E-state index contributed by atoms with van der Waals surface area (Å²) in [5.74, 6) is 0.573. The molecule has 1 aromatic heterocycles. The highest BCUT2D eigenvalue weighted by Crippen LogP contribution is 2.33. The van der Waals surface area contributed by atoms with E-state index in [-0.39, 0.29) is 16.8 Å². The highest BCUT2D eigenvalue weighted by molar-refractivity contribution is 7.89. The fraction of sp³-hybridized carbons (Fsp3) is 0.769. The van der Waals surface area contributed by atoms with Gasteiger partial charge in [0.05, 0.1) is 0 Å². The fourth-order valence-electron chi connectivity index (χ4n) is 2.15. The lowest BCUT2D eigenvalue weighted by Crippen LogP contribution is -2.34. The van der Waals surface area contributed by atoms with Gasteiger partial charge in [-0.2, -0.15) is 9.40 Å². The molecule has 1 aliphatic rings. The molecule has 0 bridgehead atoms. The summed E-state index contributed by atoms with van der Waals surface area (Å²) in [6.45, 7) is 7.26. The highest BCUT2D eigenvalue weighted by atomic mass is 32.2. The van der Waals surface area contributed by atoms with Crippen molar-refractivity contribution in [2.75, 3.05) is 12.3 Å². The average molecular weight is 300 g/mol. The van der Waals surface area contributed by atoms with Crippen molar-refractivity contribution in [1.29, 1.82) is 0 Å². The minimum Gasteiger partial charge on any atom is -0.381 e. The van der Waals surface area contributed by atoms with Crippen molar-refractivity contribution in [1.82, 2.24) is 14.1 Å². The van der Waals surface area contributed by atoms with E-state index in [9.17, 15) is 8.42 Å². The van der Waals surface area contributed by atoms with Gasteiger partial charge in [-0.15, -0.1) is 0 Å². The molecule has 0 saturated heterocycles. The monoisotopic (exact) mass is 300 g/mol. The number of hydrogen-bond acceptors (Lipinski definition) is 4. The van der Waals surface area contributed by atoms with E-state index < -0.39 is 10.0 Å². The molecule has 0 aromatic carbocycles. The molecule has 1 saturated carbocycles. The molecule has 7 heteroatoms. The van der Waals surface area contributed by atoms with Crippen LogP contribution in [0.1, 0.15) is 40.0 Å². The van der Waals surface area contributed by atoms with Gasteiger partial charge in [0, 0.05) is 25.3 Å². The van der Waals surface area contributed by atoms with Crippen LogP contribution in [0, 0.1) is 5.92 Å². The van der Waals surface area contributed by atoms with Gasteiger partial charge in [-0.3, -0.25) is 4.68 Å². The standard InChI is InChI=1S/C13H24N4O2S/c1-4-16-9-12(13(14)15-16)20(18,19)17(11-5-6-11)8-7-10(2)3/h9-11H,4-8H2,1-3H3,(H2,14,15). The number of anilines is 1. The highest BCUT2D eigenvalue weighted by Gasteiger charge is 2.39. The van der Waals surface area contributed by atoms with Gasteiger partial charge in [-0.1, -0.05) is 13.8 Å². The van der Waals surface area contributed by atoms with Crippen LogP contribution in [0.3, 0.4) is 0 Å². The summed E-state index contributed by atoms with van der Waals surface area (Å²) < 4.78 is 28.7. The zero-order chi connectivity index (χ0) is 14.9. The van der Waals surface area contributed by atoms with Gasteiger partial charge < -0.3 is 5.73 Å². The van der Waals surface area contributed by atoms with Gasteiger partial charge in [0.15, 0.2) is 5.82 Å². The Kier molecular flexibility index (Phi) is 4.39. The van der Waals surface area contributed by atoms with E-state index in [1.54, 1.807) is 8.99 Å². The molecule has 0 atom stereocenters. The zero-order valence-corrected chi connectivity index (χ0v) is 13.2. The number of aromatic nitrogens is 2. The quantitative estimate of drug-likeness (QED) is 0.830. The molecular formula is C13H24N4O2S. The second kappa shape index (κ2) is 5.73. The van der Waals surface area contributed by atoms with E-state index in [2.05, 4.69) is 18.9 Å². The first-order valence-corrected chi connectivity index (χ1v) is 8.65. The Balaban J connectivity index is 2.27. The summed E-state index contributed by atoms with van der Waals surface area (Å²) in [6.07, 6.45) is 4.28. The molecule has 6 nitrogen and oxygen atoms in total. The van der Waals surface area contributed by atoms with E-state index in [4.69, 9.17) is 5.73 Å². The molecule has 114 valence electrons. The predicted molar refractivity (Wildman–Crippen MR) is 78.7 cm³/mol. The maximum Gasteiger partial charge on any atom is 0.248 e. The van der Waals surface area contributed by atoms with Crippen LogP contribution in [0.2, 0.25) is 0 Å². The zero-order valence-electron chi connectivity index (χ0n) is 12.4. The molecule has 0 unspecified atom stereocenters. The van der Waals surface area contributed by atoms with E-state index in [0.717, 1.165) is 19.3 Å². The average Bonchev–Trinajstić information content (AvgIpc) is 3.10. The van der Waals surface area contributed by atoms with Gasteiger partial charge in [-0.25, -0.2) is 8.42 Å². The van der Waals surface area contributed by atoms with Crippen LogP contribution in [-0.4, -0.2) is 35.1 Å². The Morgan fingerprint density at radius 2 is 2.15 bits per heavy atom. The van der Waals surface area contributed by atoms with E-state index in [1.165, 1.54) is 6.20 Å². The van der Waals surface area contributed by atoms with E-state index in [1.807, 2.05) is 6.92 Å². The summed E-state index contributed by atoms with van der Waals surface area (Å²) in [5.41, 5.74) is 5.78. The topological polar surface area (TPSA) is 81.2 Å². The number of nitrogens with zero attached hydrogens (tertiary/aromatic N) is 3. The third-order valence-electron chi connectivity index (χ3n) is 3.55. The number of aryl methyl sites for hydroxylation is 1. The second-order valence-electron chi connectivity index (χ2n) is 5.76. The number of rotatable bonds is 7. The largest absolute Gasteiger partial charge is 0.381 e. The third kappa shape index (κ3) is 3.15. The fourth-order valence-corrected chi connectivity index (χ4v) is 3.91. The Morgan fingerprint density at radius 3 is 2.60 bits per heavy atom. The smallest absolute Gasteiger partial charge is 0.248 e. The van der Waals surface area contributed by atoms with Gasteiger partial charge in [0.1, 0.15) is 4.90 Å². The number of nitrogens with two attached hydrogens (primary N) is 1. The van der Waals surface area contributed by atoms with Crippen LogP contribution in [0.5, 0.6) is 0 Å². The first kappa shape index (κ1) is 15.3. The molecule has 0 radical (unpaired) electrons. The van der Waals surface area contributed by atoms with Crippen molar-refractivity contribution < 1.29 is 8.42 Å². The van der Waals surface area contributed by atoms with Crippen LogP contribution in [0.4, 0.5) is 5.82 Å². The van der Waals surface area contributed by atoms with Crippen LogP contribution in [0.15, 0.2) is 11.1 Å². The van der Waals surface area contributed by atoms with Crippen LogP contribution >= 0.6 is 0 Å². The molecule has 1 heterocycles. The summed E-state index contributed by atoms with van der Waals surface area (Å²) in [5, 5.41) is 4.04. The lowest BCUT2D eigenvalue weighted by molar-refractivity contribution is 0.373. The van der Waals surface area contributed by atoms with Gasteiger partial charge >= 0.3 is 0 Å². The predicted octanol–water partition coefficient (Wildman–Crippen LogP) is 1.68. The van der Waals surface area contributed by atoms with Crippen molar-refractivity contribution in [2.45, 2.75) is 57.5 Å². The first-order valence-electron chi connectivity index (χ1n) is 7.21. The lowest BCUT2D eigenvalue weighted by Gasteiger charge is -2.22. The maximum atomic E-state index is 12.8. The number of nitrogen functional groups attached to an aromatic ring is 1. The third-order valence-corrected chi connectivity index (χ3v) is 5.52. The second-order valence-corrected chi connectivity index (χ2v) is 7.62. The molecule has 1 fully saturated rings. The molecule has 20 heavy (non-hydrogen) atoms. The molecule has 2 N–H and O–H groups in total. The van der Waals surface area contributed by atoms with Crippen molar-refractivity contribution in [3.8, 4) is 0 Å². The lowest BCUT2D eigenvalue weighted by atomic mass is 10.1. The normalized spacial score (nSPS) is 16.2. The Morgan fingerprint density at radius 1 is 1.50 bits per heavy atom. The minimum absolute atomic E-state index is 0.0991. The van der Waals surface area contributed by atoms with Crippen molar-refractivity contribution in [3.05, 3.63) is 6.20 Å². The SMILES string of the molecule is CCn1cc(S(=O)(=O)N(CCC(C)C)C2CC2)c(N)n1. The van der Waals surface area contributed by atoms with Crippen molar-refractivity contribution in [3.63, 3.8) is 0 Å². The molecule has 0 spiro atoms. The summed E-state index contributed by atoms with van der Waals surface area (Å²) >= 11 is 0. The number of sulfonamides is 1. The van der Waals surface area contributed by atoms with Crippen LogP contribution in [0.25, 0.3) is 0 Å². The summed E-state index contributed by atoms with van der Waals surface area (Å²) in [4.78, 5) is 0.148. The van der Waals surface area contributed by atoms with E-state index >= 15 is 0 Å². The van der Waals surface area contributed by atoms with Crippen LogP contribution < -0.4 is 5.73 Å². The maximum absolute atomic E-state index is 12.8. The first-order chi connectivity index (χ1) is 9.36. The van der Waals surface area contributed by atoms with Gasteiger partial charge in [0.25, 0.3) is 0 Å². The van der Waals surface area contributed by atoms with E-state index in [0.29, 0.717) is 19.0 Å². The summed E-state index contributed by atoms with van der Waals surface area (Å²) in [6, 6.07) is 0.142. The molecule has 1 aliphatic carbocycles.